The highest BCUT2D eigenvalue weighted by molar-refractivity contribution is 6.17. The van der Waals surface area contributed by atoms with Gasteiger partial charge in [-0.25, -0.2) is 4.98 Å². The molecule has 112 valence electrons. The number of halogens is 1. The molecular formula is C17H27ClN2. The topological polar surface area (TPSA) is 16.1 Å². The Hall–Kier alpha value is -0.760. The Labute approximate surface area is 128 Å². The molecular weight excluding hydrogens is 268 g/mol. The van der Waals surface area contributed by atoms with Gasteiger partial charge in [0.1, 0.15) is 5.82 Å². The van der Waals surface area contributed by atoms with Crippen LogP contribution >= 0.6 is 11.6 Å². The third kappa shape index (κ3) is 3.46. The van der Waals surface area contributed by atoms with Crippen molar-refractivity contribution in [1.29, 1.82) is 0 Å². The maximum absolute atomic E-state index is 6.06. The highest BCUT2D eigenvalue weighted by atomic mass is 35.5. The summed E-state index contributed by atoms with van der Waals surface area (Å²) in [6.45, 7) is 10.3. The Morgan fingerprint density at radius 1 is 1.30 bits per heavy atom. The van der Waals surface area contributed by atoms with Crippen molar-refractivity contribution in [2.75, 3.05) is 11.4 Å². The van der Waals surface area contributed by atoms with Gasteiger partial charge in [0.25, 0.3) is 0 Å². The molecule has 3 heteroatoms. The second kappa shape index (κ2) is 6.80. The van der Waals surface area contributed by atoms with E-state index in [0.29, 0.717) is 11.9 Å². The quantitative estimate of drug-likeness (QED) is 0.752. The number of aromatic nitrogens is 1. The highest BCUT2D eigenvalue weighted by Gasteiger charge is 2.29. The van der Waals surface area contributed by atoms with Gasteiger partial charge in [-0.3, -0.25) is 0 Å². The van der Waals surface area contributed by atoms with Crippen LogP contribution in [0.1, 0.15) is 51.8 Å². The van der Waals surface area contributed by atoms with Gasteiger partial charge in [0.2, 0.25) is 0 Å². The fourth-order valence-electron chi connectivity index (χ4n) is 3.26. The minimum atomic E-state index is 0.554. The zero-order valence-electron chi connectivity index (χ0n) is 13.2. The van der Waals surface area contributed by atoms with Crippen LogP contribution in [0.5, 0.6) is 0 Å². The summed E-state index contributed by atoms with van der Waals surface area (Å²) in [5, 5.41) is 0. The van der Waals surface area contributed by atoms with E-state index in [0.717, 1.165) is 37.0 Å². The van der Waals surface area contributed by atoms with Crippen LogP contribution in [0.25, 0.3) is 0 Å². The number of alkyl halides is 1. The van der Waals surface area contributed by atoms with Crippen LogP contribution in [0.15, 0.2) is 12.1 Å². The van der Waals surface area contributed by atoms with Gasteiger partial charge in [-0.05, 0) is 49.3 Å². The van der Waals surface area contributed by atoms with E-state index in [2.05, 4.69) is 44.7 Å². The van der Waals surface area contributed by atoms with Gasteiger partial charge in [-0.2, -0.15) is 0 Å². The minimum absolute atomic E-state index is 0.554. The van der Waals surface area contributed by atoms with Gasteiger partial charge >= 0.3 is 0 Å². The summed E-state index contributed by atoms with van der Waals surface area (Å²) in [7, 11) is 0. The van der Waals surface area contributed by atoms with Gasteiger partial charge in [-0.15, -0.1) is 11.6 Å². The van der Waals surface area contributed by atoms with E-state index in [1.807, 2.05) is 0 Å². The molecule has 1 aliphatic heterocycles. The zero-order chi connectivity index (χ0) is 14.7. The predicted molar refractivity (Wildman–Crippen MR) is 87.5 cm³/mol. The summed E-state index contributed by atoms with van der Waals surface area (Å²) < 4.78 is 0. The maximum atomic E-state index is 6.06. The summed E-state index contributed by atoms with van der Waals surface area (Å²) in [5.41, 5.74) is 2.37. The molecule has 0 aliphatic carbocycles. The largest absolute Gasteiger partial charge is 0.353 e. The summed E-state index contributed by atoms with van der Waals surface area (Å²) in [6.07, 6.45) is 3.47. The second-order valence-electron chi connectivity index (χ2n) is 6.42. The molecule has 1 aromatic heterocycles. The van der Waals surface area contributed by atoms with Crippen LogP contribution in [0.4, 0.5) is 5.82 Å². The number of rotatable bonds is 4. The van der Waals surface area contributed by atoms with Crippen molar-refractivity contribution >= 4 is 17.4 Å². The summed E-state index contributed by atoms with van der Waals surface area (Å²) in [5.74, 6) is 3.14. The molecule has 0 N–H and O–H groups in total. The molecule has 0 bridgehead atoms. The molecule has 2 nitrogen and oxygen atoms in total. The van der Waals surface area contributed by atoms with Crippen LogP contribution < -0.4 is 4.90 Å². The second-order valence-corrected chi connectivity index (χ2v) is 6.69. The van der Waals surface area contributed by atoms with Gasteiger partial charge in [0.05, 0.1) is 0 Å². The molecule has 0 amide bonds. The third-order valence-corrected chi connectivity index (χ3v) is 4.79. The molecule has 1 aromatic rings. The lowest BCUT2D eigenvalue weighted by Gasteiger charge is -2.42. The van der Waals surface area contributed by atoms with E-state index < -0.39 is 0 Å². The van der Waals surface area contributed by atoms with E-state index in [9.17, 15) is 0 Å². The first-order valence-electron chi connectivity index (χ1n) is 7.87. The number of hydrogen-bond donors (Lipinski definition) is 0. The van der Waals surface area contributed by atoms with E-state index in [1.54, 1.807) is 0 Å². The SMILES string of the molecule is CCCc1cc(CCl)cc(N2CC(C)CC(C)C2C)n1. The fourth-order valence-corrected chi connectivity index (χ4v) is 3.41. The van der Waals surface area contributed by atoms with E-state index in [4.69, 9.17) is 16.6 Å². The van der Waals surface area contributed by atoms with Crippen molar-refractivity contribution in [2.24, 2.45) is 11.8 Å². The molecule has 3 atom stereocenters. The van der Waals surface area contributed by atoms with Gasteiger partial charge in [-0.1, -0.05) is 27.2 Å². The zero-order valence-corrected chi connectivity index (χ0v) is 14.0. The van der Waals surface area contributed by atoms with Crippen molar-refractivity contribution in [3.63, 3.8) is 0 Å². The van der Waals surface area contributed by atoms with Crippen molar-refractivity contribution in [3.05, 3.63) is 23.4 Å². The van der Waals surface area contributed by atoms with Gasteiger partial charge in [0, 0.05) is 24.2 Å². The molecule has 2 rings (SSSR count). The first kappa shape index (κ1) is 15.6. The molecule has 20 heavy (non-hydrogen) atoms. The first-order valence-corrected chi connectivity index (χ1v) is 8.41. The van der Waals surface area contributed by atoms with Gasteiger partial charge in [0.15, 0.2) is 0 Å². The molecule has 0 radical (unpaired) electrons. The van der Waals surface area contributed by atoms with E-state index in [-0.39, 0.29) is 0 Å². The number of aryl methyl sites for hydroxylation is 1. The molecule has 1 fully saturated rings. The lowest BCUT2D eigenvalue weighted by Crippen LogP contribution is -2.46. The normalized spacial score (nSPS) is 26.9. The summed E-state index contributed by atoms with van der Waals surface area (Å²) in [4.78, 5) is 7.36. The lowest BCUT2D eigenvalue weighted by atomic mass is 9.86. The Morgan fingerprint density at radius 2 is 2.05 bits per heavy atom. The average molecular weight is 295 g/mol. The minimum Gasteiger partial charge on any atom is -0.353 e. The first-order chi connectivity index (χ1) is 9.55. The Balaban J connectivity index is 2.32. The lowest BCUT2D eigenvalue weighted by molar-refractivity contribution is 0.295. The third-order valence-electron chi connectivity index (χ3n) is 4.48. The predicted octanol–water partition coefficient (Wildman–Crippen LogP) is 4.64. The number of hydrogen-bond acceptors (Lipinski definition) is 2. The fraction of sp³-hybridized carbons (Fsp3) is 0.706. The number of pyridine rings is 1. The molecule has 1 saturated heterocycles. The van der Waals surface area contributed by atoms with Crippen LogP contribution in [0.2, 0.25) is 0 Å². The monoisotopic (exact) mass is 294 g/mol. The molecule has 1 aliphatic rings. The molecule has 0 spiro atoms. The van der Waals surface area contributed by atoms with Crippen molar-refractivity contribution < 1.29 is 0 Å². The van der Waals surface area contributed by atoms with Crippen LogP contribution in [-0.2, 0) is 12.3 Å². The molecule has 0 aromatic carbocycles. The highest BCUT2D eigenvalue weighted by Crippen LogP contribution is 2.31. The average Bonchev–Trinajstić information content (AvgIpc) is 2.42. The van der Waals surface area contributed by atoms with Crippen molar-refractivity contribution in [3.8, 4) is 0 Å². The summed E-state index contributed by atoms with van der Waals surface area (Å²) >= 11 is 6.06. The molecule has 2 heterocycles. The number of piperidine rings is 1. The Bertz CT molecular complexity index is 447. The van der Waals surface area contributed by atoms with Gasteiger partial charge < -0.3 is 4.90 Å². The number of nitrogens with zero attached hydrogens (tertiary/aromatic N) is 2. The summed E-state index contributed by atoms with van der Waals surface area (Å²) in [6, 6.07) is 4.88. The van der Waals surface area contributed by atoms with E-state index in [1.165, 1.54) is 17.7 Å². The van der Waals surface area contributed by atoms with Crippen molar-refractivity contribution in [1.82, 2.24) is 4.98 Å². The molecule has 0 saturated carbocycles. The van der Waals surface area contributed by atoms with Crippen LogP contribution in [0.3, 0.4) is 0 Å². The molecule has 3 unspecified atom stereocenters. The Morgan fingerprint density at radius 3 is 2.70 bits per heavy atom. The van der Waals surface area contributed by atoms with Crippen LogP contribution in [0, 0.1) is 11.8 Å². The standard InChI is InChI=1S/C17H27ClN2/c1-5-6-16-8-15(10-18)9-17(19-16)20-11-12(2)7-13(3)14(20)4/h8-9,12-14H,5-7,10-11H2,1-4H3. The maximum Gasteiger partial charge on any atom is 0.129 e. The number of anilines is 1. The smallest absolute Gasteiger partial charge is 0.129 e. The van der Waals surface area contributed by atoms with Crippen LogP contribution in [-0.4, -0.2) is 17.6 Å². The van der Waals surface area contributed by atoms with E-state index >= 15 is 0 Å². The Kier molecular flexibility index (Phi) is 5.31. The van der Waals surface area contributed by atoms with Crippen molar-refractivity contribution in [2.45, 2.75) is 58.9 Å².